The minimum Gasteiger partial charge on any atom is -0.508 e. The van der Waals surface area contributed by atoms with Gasteiger partial charge in [-0.2, -0.15) is 0 Å². The van der Waals surface area contributed by atoms with Crippen LogP contribution in [0.4, 0.5) is 4.79 Å². The molecule has 1 saturated heterocycles. The van der Waals surface area contributed by atoms with Crippen molar-refractivity contribution >= 4 is 15.9 Å². The van der Waals surface area contributed by atoms with Crippen LogP contribution in [0.2, 0.25) is 0 Å². The van der Waals surface area contributed by atoms with E-state index in [1.54, 1.807) is 0 Å². The van der Waals surface area contributed by atoms with E-state index >= 15 is 0 Å². The number of pyridine rings is 1. The van der Waals surface area contributed by atoms with Gasteiger partial charge in [0.25, 0.3) is 5.56 Å². The molecule has 1 N–H and O–H groups in total. The SMILES string of the molecule is C=C.CC[C@@H](C)CC1CC(C)[C@H](C)N1C(=O)OC(C)C.CS(=O)(=O)c1ccc(-n2ccc(O)cc2=O)cc1.[HH]. The average Bonchev–Trinajstić information content (AvgIpc) is 3.12. The first-order chi connectivity index (χ1) is 17.7. The van der Waals surface area contributed by atoms with E-state index in [1.165, 1.54) is 47.5 Å². The number of rotatable bonds is 6. The van der Waals surface area contributed by atoms with Crippen LogP contribution in [0.3, 0.4) is 0 Å². The minimum atomic E-state index is -3.25. The number of ether oxygens (including phenoxy) is 1. The standard InChI is InChI=1S/C15H29NO2.C12H11NO4S.C2H4.H2/c1-7-11(4)8-14-9-12(5)13(6)16(14)15(17)18-10(2)3;1-18(16,17)11-4-2-9(3-5-11)13-7-6-10(14)8-12(13)15;1-2;/h10-14H,7-9H2,1-6H3;2-8,14H,1H3;1-2H2;1H/t11-,12?,13+,14?;;;/m1.../s1. The molecule has 0 bridgehead atoms. The van der Waals surface area contributed by atoms with Crippen molar-refractivity contribution < 1.29 is 24.5 Å². The number of amides is 1. The molecule has 1 amide bonds. The van der Waals surface area contributed by atoms with Crippen molar-refractivity contribution in [2.75, 3.05) is 6.26 Å². The van der Waals surface area contributed by atoms with E-state index in [2.05, 4.69) is 40.9 Å². The molecule has 38 heavy (non-hydrogen) atoms. The predicted octanol–water partition coefficient (Wildman–Crippen LogP) is 6.06. The first-order valence-corrected chi connectivity index (χ1v) is 14.8. The fraction of sp³-hybridized carbons (Fsp3) is 0.517. The summed E-state index contributed by atoms with van der Waals surface area (Å²) < 4.78 is 29.3. The monoisotopic (exact) mass is 550 g/mol. The van der Waals surface area contributed by atoms with Gasteiger partial charge in [0.2, 0.25) is 0 Å². The first kappa shape index (κ1) is 33.0. The highest BCUT2D eigenvalue weighted by atomic mass is 32.2. The van der Waals surface area contributed by atoms with Crippen LogP contribution < -0.4 is 5.56 Å². The lowest BCUT2D eigenvalue weighted by atomic mass is 9.95. The summed E-state index contributed by atoms with van der Waals surface area (Å²) >= 11 is 0. The third-order valence-electron chi connectivity index (χ3n) is 6.66. The molecule has 0 spiro atoms. The number of carbonyl (C=O) groups is 1. The van der Waals surface area contributed by atoms with Crippen LogP contribution in [0.1, 0.15) is 62.2 Å². The summed E-state index contributed by atoms with van der Waals surface area (Å²) in [5.41, 5.74) is 0.148. The Kier molecular flexibility index (Phi) is 12.8. The summed E-state index contributed by atoms with van der Waals surface area (Å²) in [5.74, 6) is 1.13. The molecule has 2 unspecified atom stereocenters. The quantitative estimate of drug-likeness (QED) is 0.438. The lowest BCUT2D eigenvalue weighted by Gasteiger charge is -2.30. The molecule has 1 fully saturated rings. The number of nitrogens with zero attached hydrogens (tertiary/aromatic N) is 2. The summed E-state index contributed by atoms with van der Waals surface area (Å²) in [4.78, 5) is 26.0. The van der Waals surface area contributed by atoms with Gasteiger partial charge in [-0.1, -0.05) is 27.2 Å². The van der Waals surface area contributed by atoms with E-state index in [4.69, 9.17) is 9.84 Å². The Balaban J connectivity index is 0.000000680. The smallest absolute Gasteiger partial charge is 0.410 e. The van der Waals surface area contributed by atoms with Crippen LogP contribution in [0.5, 0.6) is 5.75 Å². The van der Waals surface area contributed by atoms with Crippen LogP contribution in [0, 0.1) is 11.8 Å². The number of benzene rings is 1. The largest absolute Gasteiger partial charge is 0.508 e. The molecule has 0 radical (unpaired) electrons. The van der Waals surface area contributed by atoms with E-state index in [-0.39, 0.29) is 29.8 Å². The molecule has 0 saturated carbocycles. The van der Waals surface area contributed by atoms with Gasteiger partial charge in [-0.25, -0.2) is 13.2 Å². The Morgan fingerprint density at radius 3 is 2.21 bits per heavy atom. The zero-order chi connectivity index (χ0) is 29.2. The fourth-order valence-corrected chi connectivity index (χ4v) is 4.93. The number of carbonyl (C=O) groups excluding carboxylic acids is 1. The topological polar surface area (TPSA) is 106 Å². The maximum atomic E-state index is 12.2. The third-order valence-corrected chi connectivity index (χ3v) is 7.79. The molecule has 2 heterocycles. The van der Waals surface area contributed by atoms with Gasteiger partial charge in [-0.05, 0) is 75.8 Å². The first-order valence-electron chi connectivity index (χ1n) is 13.0. The molecule has 2 aromatic rings. The van der Waals surface area contributed by atoms with E-state index < -0.39 is 9.84 Å². The van der Waals surface area contributed by atoms with Crippen molar-refractivity contribution in [3.05, 3.63) is 66.1 Å². The molecule has 4 atom stereocenters. The van der Waals surface area contributed by atoms with E-state index in [0.29, 0.717) is 29.6 Å². The molecule has 1 aliphatic heterocycles. The van der Waals surface area contributed by atoms with Gasteiger partial charge in [0, 0.05) is 37.7 Å². The van der Waals surface area contributed by atoms with Crippen molar-refractivity contribution in [2.45, 2.75) is 83.9 Å². The average molecular weight is 551 g/mol. The van der Waals surface area contributed by atoms with Gasteiger partial charge in [0.05, 0.1) is 11.0 Å². The molecule has 8 nitrogen and oxygen atoms in total. The molecule has 3 rings (SSSR count). The number of sulfone groups is 1. The molecule has 1 aromatic heterocycles. The Morgan fingerprint density at radius 2 is 1.74 bits per heavy atom. The molecule has 1 aromatic carbocycles. The fourth-order valence-electron chi connectivity index (χ4n) is 4.30. The number of hydrogen-bond acceptors (Lipinski definition) is 6. The van der Waals surface area contributed by atoms with Crippen LogP contribution in [0.25, 0.3) is 5.69 Å². The van der Waals surface area contributed by atoms with Gasteiger partial charge in [-0.3, -0.25) is 9.36 Å². The number of likely N-dealkylation sites (tertiary alicyclic amines) is 1. The lowest BCUT2D eigenvalue weighted by Crippen LogP contribution is -2.42. The van der Waals surface area contributed by atoms with Gasteiger partial charge in [0.15, 0.2) is 9.84 Å². The van der Waals surface area contributed by atoms with E-state index in [9.17, 15) is 18.0 Å². The van der Waals surface area contributed by atoms with Crippen LogP contribution in [-0.2, 0) is 14.6 Å². The van der Waals surface area contributed by atoms with Crippen LogP contribution in [-0.4, -0.2) is 53.5 Å². The highest BCUT2D eigenvalue weighted by Crippen LogP contribution is 2.34. The second kappa shape index (κ2) is 14.8. The minimum absolute atomic E-state index is 0. The van der Waals surface area contributed by atoms with Crippen molar-refractivity contribution in [1.82, 2.24) is 9.47 Å². The molecule has 214 valence electrons. The second-order valence-corrected chi connectivity index (χ2v) is 12.1. The molecule has 9 heteroatoms. The van der Waals surface area contributed by atoms with E-state index in [0.717, 1.165) is 25.2 Å². The third kappa shape index (κ3) is 9.35. The van der Waals surface area contributed by atoms with Gasteiger partial charge < -0.3 is 14.7 Å². The second-order valence-electron chi connectivity index (χ2n) is 10.1. The zero-order valence-electron chi connectivity index (χ0n) is 23.8. The summed E-state index contributed by atoms with van der Waals surface area (Å²) in [6.07, 6.45) is 5.76. The highest BCUT2D eigenvalue weighted by molar-refractivity contribution is 7.90. The summed E-state index contributed by atoms with van der Waals surface area (Å²) in [6.45, 7) is 18.7. The van der Waals surface area contributed by atoms with Gasteiger partial charge in [0.1, 0.15) is 5.75 Å². The summed E-state index contributed by atoms with van der Waals surface area (Å²) in [5, 5.41) is 9.14. The van der Waals surface area contributed by atoms with E-state index in [1.807, 2.05) is 18.7 Å². The van der Waals surface area contributed by atoms with Crippen molar-refractivity contribution in [1.29, 1.82) is 0 Å². The lowest BCUT2D eigenvalue weighted by molar-refractivity contribution is 0.0584. The molecular formula is C29H46N2O6S. The van der Waals surface area contributed by atoms with Crippen LogP contribution in [0.15, 0.2) is 65.4 Å². The maximum absolute atomic E-state index is 12.2. The van der Waals surface area contributed by atoms with Gasteiger partial charge >= 0.3 is 6.09 Å². The van der Waals surface area contributed by atoms with Crippen molar-refractivity contribution in [3.8, 4) is 11.4 Å². The maximum Gasteiger partial charge on any atom is 0.410 e. The van der Waals surface area contributed by atoms with Crippen molar-refractivity contribution in [2.24, 2.45) is 11.8 Å². The predicted molar refractivity (Wildman–Crippen MR) is 155 cm³/mol. The number of hydrogen-bond donors (Lipinski definition) is 1. The zero-order valence-corrected chi connectivity index (χ0v) is 24.6. The normalized spacial score (nSPS) is 19.6. The number of aromatic nitrogens is 1. The van der Waals surface area contributed by atoms with Crippen LogP contribution >= 0.6 is 0 Å². The highest BCUT2D eigenvalue weighted by Gasteiger charge is 2.40. The summed E-state index contributed by atoms with van der Waals surface area (Å²) in [6, 6.07) is 9.06. The Morgan fingerprint density at radius 1 is 1.16 bits per heavy atom. The Bertz CT molecular complexity index is 1200. The molecule has 1 aliphatic rings. The number of aromatic hydroxyl groups is 1. The Hall–Kier alpha value is -3.07. The molecule has 0 aliphatic carbocycles. The molecular weight excluding hydrogens is 504 g/mol. The summed E-state index contributed by atoms with van der Waals surface area (Å²) in [7, 11) is -3.25. The Labute approximate surface area is 229 Å². The van der Waals surface area contributed by atoms with Crippen molar-refractivity contribution in [3.63, 3.8) is 0 Å². The van der Waals surface area contributed by atoms with Gasteiger partial charge in [-0.15, -0.1) is 13.2 Å².